The predicted molar refractivity (Wildman–Crippen MR) is 82.4 cm³/mol. The molecular formula is C13H17BrN2O4S. The number of amides is 1. The standard InChI is InChI=1S/C13H17BrN2O4S/c14-11-8-10(21(15,18)19)4-5-12(11)16-13(17)6-3-9-2-1-7-20-9/h4-5,8-9H,1-3,6-7H2,(H,16,17)(H2,15,18,19). The van der Waals surface area contributed by atoms with Crippen LogP contribution in [0.15, 0.2) is 27.6 Å². The zero-order valence-electron chi connectivity index (χ0n) is 11.3. The molecule has 1 aliphatic rings. The van der Waals surface area contributed by atoms with E-state index in [2.05, 4.69) is 21.2 Å². The van der Waals surface area contributed by atoms with Crippen LogP contribution >= 0.6 is 15.9 Å². The second kappa shape index (κ2) is 6.87. The fourth-order valence-electron chi connectivity index (χ4n) is 2.15. The maximum absolute atomic E-state index is 11.9. The largest absolute Gasteiger partial charge is 0.378 e. The Kier molecular flexibility index (Phi) is 5.37. The summed E-state index contributed by atoms with van der Waals surface area (Å²) in [5.74, 6) is -0.130. The van der Waals surface area contributed by atoms with Gasteiger partial charge in [-0.25, -0.2) is 13.6 Å². The molecule has 21 heavy (non-hydrogen) atoms. The van der Waals surface area contributed by atoms with E-state index in [1.165, 1.54) is 18.2 Å². The van der Waals surface area contributed by atoms with Gasteiger partial charge in [0.1, 0.15) is 0 Å². The van der Waals surface area contributed by atoms with Crippen LogP contribution in [0.5, 0.6) is 0 Å². The number of ether oxygens (including phenoxy) is 1. The summed E-state index contributed by atoms with van der Waals surface area (Å²) >= 11 is 3.23. The molecule has 6 nitrogen and oxygen atoms in total. The fraction of sp³-hybridized carbons (Fsp3) is 0.462. The number of primary sulfonamides is 1. The summed E-state index contributed by atoms with van der Waals surface area (Å²) in [5.41, 5.74) is 0.514. The number of rotatable bonds is 5. The number of carbonyl (C=O) groups is 1. The van der Waals surface area contributed by atoms with Gasteiger partial charge in [0.25, 0.3) is 0 Å². The molecule has 0 bridgehead atoms. The molecule has 1 unspecified atom stereocenters. The summed E-state index contributed by atoms with van der Waals surface area (Å²) in [4.78, 5) is 11.9. The van der Waals surface area contributed by atoms with Crippen molar-refractivity contribution < 1.29 is 17.9 Å². The van der Waals surface area contributed by atoms with Gasteiger partial charge in [0, 0.05) is 17.5 Å². The second-order valence-corrected chi connectivity index (χ2v) is 7.32. The van der Waals surface area contributed by atoms with Crippen LogP contribution in [0.25, 0.3) is 0 Å². The molecular weight excluding hydrogens is 360 g/mol. The smallest absolute Gasteiger partial charge is 0.238 e. The SMILES string of the molecule is NS(=O)(=O)c1ccc(NC(=O)CCC2CCCO2)c(Br)c1. The van der Waals surface area contributed by atoms with E-state index < -0.39 is 10.0 Å². The van der Waals surface area contributed by atoms with Crippen LogP contribution in [0.1, 0.15) is 25.7 Å². The van der Waals surface area contributed by atoms with Crippen molar-refractivity contribution in [2.45, 2.75) is 36.7 Å². The minimum absolute atomic E-state index is 0.00766. The zero-order chi connectivity index (χ0) is 15.5. The molecule has 0 aliphatic carbocycles. The Morgan fingerprint density at radius 1 is 1.48 bits per heavy atom. The quantitative estimate of drug-likeness (QED) is 0.820. The third kappa shape index (κ3) is 4.77. The monoisotopic (exact) mass is 376 g/mol. The van der Waals surface area contributed by atoms with Crippen molar-refractivity contribution >= 4 is 37.5 Å². The molecule has 1 aliphatic heterocycles. The third-order valence-electron chi connectivity index (χ3n) is 3.26. The molecule has 0 saturated carbocycles. The molecule has 3 N–H and O–H groups in total. The Hall–Kier alpha value is -0.960. The summed E-state index contributed by atoms with van der Waals surface area (Å²) in [6, 6.07) is 4.23. The van der Waals surface area contributed by atoms with Gasteiger partial charge >= 0.3 is 0 Å². The molecule has 0 aromatic heterocycles. The number of sulfonamides is 1. The number of nitrogens with two attached hydrogens (primary N) is 1. The lowest BCUT2D eigenvalue weighted by atomic mass is 10.1. The van der Waals surface area contributed by atoms with Gasteiger partial charge in [-0.05, 0) is 53.4 Å². The first-order valence-corrected chi connectivity index (χ1v) is 8.94. The summed E-state index contributed by atoms with van der Waals surface area (Å²) in [6.07, 6.45) is 3.28. The van der Waals surface area contributed by atoms with Gasteiger partial charge < -0.3 is 10.1 Å². The number of hydrogen-bond donors (Lipinski definition) is 2. The second-order valence-electron chi connectivity index (χ2n) is 4.91. The molecule has 0 spiro atoms. The van der Waals surface area contributed by atoms with Gasteiger partial charge in [-0.2, -0.15) is 0 Å². The molecule has 1 aromatic rings. The number of carbonyl (C=O) groups excluding carboxylic acids is 1. The maximum atomic E-state index is 11.9. The van der Waals surface area contributed by atoms with E-state index >= 15 is 0 Å². The van der Waals surface area contributed by atoms with E-state index in [1.807, 2.05) is 0 Å². The van der Waals surface area contributed by atoms with Crippen molar-refractivity contribution in [3.05, 3.63) is 22.7 Å². The highest BCUT2D eigenvalue weighted by molar-refractivity contribution is 9.10. The van der Waals surface area contributed by atoms with Crippen molar-refractivity contribution in [3.8, 4) is 0 Å². The van der Waals surface area contributed by atoms with Crippen molar-refractivity contribution in [1.82, 2.24) is 0 Å². The normalized spacial score (nSPS) is 18.7. The van der Waals surface area contributed by atoms with Crippen molar-refractivity contribution in [2.24, 2.45) is 5.14 Å². The molecule has 1 fully saturated rings. The van der Waals surface area contributed by atoms with Crippen molar-refractivity contribution in [1.29, 1.82) is 0 Å². The van der Waals surface area contributed by atoms with Gasteiger partial charge in [-0.3, -0.25) is 4.79 Å². The Labute approximate surface area is 132 Å². The van der Waals surface area contributed by atoms with Crippen LogP contribution in [0.2, 0.25) is 0 Å². The number of benzene rings is 1. The highest BCUT2D eigenvalue weighted by atomic mass is 79.9. The molecule has 1 aromatic carbocycles. The molecule has 1 atom stereocenters. The number of hydrogen-bond acceptors (Lipinski definition) is 4. The average molecular weight is 377 g/mol. The highest BCUT2D eigenvalue weighted by Crippen LogP contribution is 2.26. The van der Waals surface area contributed by atoms with E-state index in [-0.39, 0.29) is 16.9 Å². The first kappa shape index (κ1) is 16.4. The van der Waals surface area contributed by atoms with Crippen LogP contribution in [0.3, 0.4) is 0 Å². The third-order valence-corrected chi connectivity index (χ3v) is 4.83. The minimum atomic E-state index is -3.75. The lowest BCUT2D eigenvalue weighted by Gasteiger charge is -2.11. The summed E-state index contributed by atoms with van der Waals surface area (Å²) in [5, 5.41) is 7.78. The Morgan fingerprint density at radius 2 is 2.24 bits per heavy atom. The van der Waals surface area contributed by atoms with E-state index in [4.69, 9.17) is 9.88 Å². The highest BCUT2D eigenvalue weighted by Gasteiger charge is 2.17. The average Bonchev–Trinajstić information content (AvgIpc) is 2.91. The van der Waals surface area contributed by atoms with Crippen LogP contribution in [0, 0.1) is 0 Å². The number of nitrogens with one attached hydrogen (secondary N) is 1. The van der Waals surface area contributed by atoms with Crippen LogP contribution < -0.4 is 10.5 Å². The number of halogens is 1. The van der Waals surface area contributed by atoms with Gasteiger partial charge in [0.15, 0.2) is 0 Å². The lowest BCUT2D eigenvalue weighted by Crippen LogP contribution is -2.16. The van der Waals surface area contributed by atoms with Crippen LogP contribution in [-0.2, 0) is 19.6 Å². The van der Waals surface area contributed by atoms with Crippen molar-refractivity contribution in [2.75, 3.05) is 11.9 Å². The van der Waals surface area contributed by atoms with Gasteiger partial charge in [0.05, 0.1) is 16.7 Å². The van der Waals surface area contributed by atoms with E-state index in [0.717, 1.165) is 19.4 Å². The maximum Gasteiger partial charge on any atom is 0.238 e. The van der Waals surface area contributed by atoms with E-state index in [9.17, 15) is 13.2 Å². The summed E-state index contributed by atoms with van der Waals surface area (Å²) < 4.78 is 28.4. The topological polar surface area (TPSA) is 98.5 Å². The molecule has 1 heterocycles. The van der Waals surface area contributed by atoms with E-state index in [0.29, 0.717) is 23.0 Å². The Balaban J connectivity index is 1.94. The fourth-order valence-corrected chi connectivity index (χ4v) is 3.32. The molecule has 1 amide bonds. The first-order valence-electron chi connectivity index (χ1n) is 6.60. The zero-order valence-corrected chi connectivity index (χ0v) is 13.7. The van der Waals surface area contributed by atoms with Gasteiger partial charge in [0.2, 0.25) is 15.9 Å². The van der Waals surface area contributed by atoms with E-state index in [1.54, 1.807) is 0 Å². The summed E-state index contributed by atoms with van der Waals surface area (Å²) in [6.45, 7) is 0.771. The summed E-state index contributed by atoms with van der Waals surface area (Å²) in [7, 11) is -3.75. The van der Waals surface area contributed by atoms with Crippen LogP contribution in [0.4, 0.5) is 5.69 Å². The number of anilines is 1. The van der Waals surface area contributed by atoms with Gasteiger partial charge in [-0.1, -0.05) is 0 Å². The van der Waals surface area contributed by atoms with Crippen molar-refractivity contribution in [3.63, 3.8) is 0 Å². The first-order chi connectivity index (χ1) is 9.86. The lowest BCUT2D eigenvalue weighted by molar-refractivity contribution is -0.116. The molecule has 0 radical (unpaired) electrons. The Bertz CT molecular complexity index is 627. The minimum Gasteiger partial charge on any atom is -0.378 e. The molecule has 8 heteroatoms. The molecule has 2 rings (SSSR count). The predicted octanol–water partition coefficient (Wildman–Crippen LogP) is 1.99. The molecule has 116 valence electrons. The molecule has 1 saturated heterocycles. The van der Waals surface area contributed by atoms with Crippen LogP contribution in [-0.4, -0.2) is 27.0 Å². The Morgan fingerprint density at radius 3 is 2.81 bits per heavy atom. The van der Waals surface area contributed by atoms with Gasteiger partial charge in [-0.15, -0.1) is 0 Å².